The molecule has 0 saturated heterocycles. The van der Waals surface area contributed by atoms with E-state index in [-0.39, 0.29) is 17.2 Å². The Hall–Kier alpha value is -3.74. The Kier molecular flexibility index (Phi) is 4.95. The predicted octanol–water partition coefficient (Wildman–Crippen LogP) is 6.31. The van der Waals surface area contributed by atoms with Crippen molar-refractivity contribution < 1.29 is 22.4 Å². The monoisotopic (exact) mass is 410 g/mol. The van der Waals surface area contributed by atoms with Crippen LogP contribution in [0.25, 0.3) is 22.2 Å². The lowest BCUT2D eigenvalue weighted by Gasteiger charge is -2.12. The molecule has 0 saturated carbocycles. The van der Waals surface area contributed by atoms with Gasteiger partial charge in [0.05, 0.1) is 22.5 Å². The molecule has 0 spiro atoms. The van der Waals surface area contributed by atoms with Crippen molar-refractivity contribution >= 4 is 22.5 Å². The number of alkyl halides is 3. The Morgan fingerprint density at radius 3 is 2.37 bits per heavy atom. The average Bonchev–Trinajstić information content (AvgIpc) is 2.73. The molecule has 4 rings (SSSR count). The number of para-hydroxylation sites is 1. The first-order valence-electron chi connectivity index (χ1n) is 8.95. The number of nitrogens with one attached hydrogen (secondary N) is 1. The molecular weight excluding hydrogens is 396 g/mol. The lowest BCUT2D eigenvalue weighted by atomic mass is 10.1. The largest absolute Gasteiger partial charge is 0.416 e. The fourth-order valence-corrected chi connectivity index (χ4v) is 3.09. The summed E-state index contributed by atoms with van der Waals surface area (Å²) in [5.41, 5.74) is 0.297. The highest BCUT2D eigenvalue weighted by Gasteiger charge is 2.31. The number of fused-ring (bicyclic) bond motifs is 1. The van der Waals surface area contributed by atoms with E-state index in [4.69, 9.17) is 0 Å². The van der Waals surface area contributed by atoms with Gasteiger partial charge in [0.25, 0.3) is 5.91 Å². The number of amides is 1. The van der Waals surface area contributed by atoms with E-state index in [1.807, 2.05) is 0 Å². The number of rotatable bonds is 3. The van der Waals surface area contributed by atoms with Gasteiger partial charge in [-0.05, 0) is 42.5 Å². The molecule has 3 aromatic carbocycles. The number of carbonyl (C=O) groups is 1. The Morgan fingerprint density at radius 1 is 0.867 bits per heavy atom. The normalized spacial score (nSPS) is 11.5. The van der Waals surface area contributed by atoms with Crippen molar-refractivity contribution in [1.82, 2.24) is 4.98 Å². The molecule has 0 unspecified atom stereocenters. The zero-order chi connectivity index (χ0) is 21.3. The third-order valence-corrected chi connectivity index (χ3v) is 4.53. The van der Waals surface area contributed by atoms with Crippen molar-refractivity contribution in [3.05, 3.63) is 95.8 Å². The molecule has 1 aromatic heterocycles. The van der Waals surface area contributed by atoms with E-state index in [0.29, 0.717) is 28.2 Å². The Balaban J connectivity index is 1.77. The zero-order valence-corrected chi connectivity index (χ0v) is 15.4. The fraction of sp³-hybridized carbons (Fsp3) is 0.0435. The second kappa shape index (κ2) is 7.59. The second-order valence-electron chi connectivity index (χ2n) is 6.62. The van der Waals surface area contributed by atoms with E-state index in [0.717, 1.165) is 12.1 Å². The minimum atomic E-state index is -4.68. The van der Waals surface area contributed by atoms with Gasteiger partial charge in [0.2, 0.25) is 0 Å². The lowest BCUT2D eigenvalue weighted by molar-refractivity contribution is -0.137. The average molecular weight is 410 g/mol. The number of carbonyl (C=O) groups excluding carboxylic acids is 1. The van der Waals surface area contributed by atoms with Crippen molar-refractivity contribution in [3.8, 4) is 11.3 Å². The molecule has 4 aromatic rings. The summed E-state index contributed by atoms with van der Waals surface area (Å²) in [6.07, 6.45) is -4.68. The first kappa shape index (κ1) is 19.6. The van der Waals surface area contributed by atoms with Crippen LogP contribution in [0.1, 0.15) is 15.9 Å². The summed E-state index contributed by atoms with van der Waals surface area (Å²) >= 11 is 0. The van der Waals surface area contributed by atoms with Gasteiger partial charge < -0.3 is 5.32 Å². The van der Waals surface area contributed by atoms with E-state index in [1.54, 1.807) is 54.6 Å². The topological polar surface area (TPSA) is 42.0 Å². The van der Waals surface area contributed by atoms with Crippen LogP contribution in [0.5, 0.6) is 0 Å². The van der Waals surface area contributed by atoms with Crippen LogP contribution >= 0.6 is 0 Å². The summed E-state index contributed by atoms with van der Waals surface area (Å²) in [5.74, 6) is -1.35. The molecule has 1 amide bonds. The Morgan fingerprint density at radius 2 is 1.63 bits per heavy atom. The van der Waals surface area contributed by atoms with Crippen LogP contribution in [0.2, 0.25) is 0 Å². The smallest absolute Gasteiger partial charge is 0.320 e. The molecule has 1 N–H and O–H groups in total. The van der Waals surface area contributed by atoms with Gasteiger partial charge in [-0.25, -0.2) is 9.37 Å². The van der Waals surface area contributed by atoms with Gasteiger partial charge in [0.1, 0.15) is 5.82 Å². The Labute approximate surface area is 169 Å². The highest BCUT2D eigenvalue weighted by Crippen LogP contribution is 2.33. The van der Waals surface area contributed by atoms with Gasteiger partial charge in [-0.1, -0.05) is 36.4 Å². The molecule has 0 aliphatic heterocycles. The fourth-order valence-electron chi connectivity index (χ4n) is 3.09. The van der Waals surface area contributed by atoms with Crippen molar-refractivity contribution in [2.24, 2.45) is 0 Å². The SMILES string of the molecule is O=C(Nc1cccc2ccc(-c3cc(F)cc(C(F)(F)F)c3)nc12)c1ccccc1. The van der Waals surface area contributed by atoms with Crippen LogP contribution in [0.3, 0.4) is 0 Å². The van der Waals surface area contributed by atoms with Crippen LogP contribution in [-0.2, 0) is 6.18 Å². The van der Waals surface area contributed by atoms with Crippen LogP contribution in [0.4, 0.5) is 23.2 Å². The maximum atomic E-state index is 13.8. The molecular formula is C23H14F4N2O. The summed E-state index contributed by atoms with van der Waals surface area (Å²) in [5, 5.41) is 3.45. The van der Waals surface area contributed by atoms with Crippen LogP contribution in [-0.4, -0.2) is 10.9 Å². The quantitative estimate of drug-likeness (QED) is 0.402. The molecule has 7 heteroatoms. The summed E-state index contributed by atoms with van der Waals surface area (Å²) < 4.78 is 53.0. The van der Waals surface area contributed by atoms with E-state index in [9.17, 15) is 22.4 Å². The van der Waals surface area contributed by atoms with Gasteiger partial charge in [-0.3, -0.25) is 4.79 Å². The number of hydrogen-bond acceptors (Lipinski definition) is 2. The van der Waals surface area contributed by atoms with Crippen LogP contribution in [0, 0.1) is 5.82 Å². The highest BCUT2D eigenvalue weighted by atomic mass is 19.4. The first-order valence-corrected chi connectivity index (χ1v) is 8.95. The maximum absolute atomic E-state index is 13.8. The van der Waals surface area contributed by atoms with Gasteiger partial charge in [0, 0.05) is 16.5 Å². The minimum absolute atomic E-state index is 0.00610. The standard InChI is InChI=1S/C23H14F4N2O/c24-18-12-16(11-17(13-18)23(25,26)27)19-10-9-14-7-4-8-20(21(14)28-19)29-22(30)15-5-2-1-3-6-15/h1-13H,(H,29,30). The molecule has 0 fully saturated rings. The highest BCUT2D eigenvalue weighted by molar-refractivity contribution is 6.08. The summed E-state index contributed by atoms with van der Waals surface area (Å²) in [7, 11) is 0. The number of benzene rings is 3. The van der Waals surface area contributed by atoms with E-state index < -0.39 is 17.6 Å². The van der Waals surface area contributed by atoms with Crippen molar-refractivity contribution in [2.45, 2.75) is 6.18 Å². The molecule has 0 aliphatic carbocycles. The molecule has 1 heterocycles. The molecule has 30 heavy (non-hydrogen) atoms. The van der Waals surface area contributed by atoms with Crippen molar-refractivity contribution in [1.29, 1.82) is 0 Å². The van der Waals surface area contributed by atoms with Gasteiger partial charge in [0.15, 0.2) is 0 Å². The summed E-state index contributed by atoms with van der Waals surface area (Å²) in [6, 6.07) is 19.2. The van der Waals surface area contributed by atoms with Gasteiger partial charge >= 0.3 is 6.18 Å². The van der Waals surface area contributed by atoms with Crippen molar-refractivity contribution in [2.75, 3.05) is 5.32 Å². The van der Waals surface area contributed by atoms with Crippen LogP contribution in [0.15, 0.2) is 78.9 Å². The maximum Gasteiger partial charge on any atom is 0.416 e. The number of halogens is 4. The summed E-state index contributed by atoms with van der Waals surface area (Å²) in [4.78, 5) is 16.9. The molecule has 0 radical (unpaired) electrons. The lowest BCUT2D eigenvalue weighted by Crippen LogP contribution is -2.12. The molecule has 0 bridgehead atoms. The number of nitrogens with zero attached hydrogens (tertiary/aromatic N) is 1. The van der Waals surface area contributed by atoms with Crippen LogP contribution < -0.4 is 5.32 Å². The van der Waals surface area contributed by atoms with E-state index in [1.165, 1.54) is 6.07 Å². The molecule has 0 atom stereocenters. The zero-order valence-electron chi connectivity index (χ0n) is 15.4. The molecule has 0 aliphatic rings. The first-order chi connectivity index (χ1) is 14.3. The number of hydrogen-bond donors (Lipinski definition) is 1. The van der Waals surface area contributed by atoms with Gasteiger partial charge in [-0.15, -0.1) is 0 Å². The molecule has 150 valence electrons. The van der Waals surface area contributed by atoms with Gasteiger partial charge in [-0.2, -0.15) is 13.2 Å². The van der Waals surface area contributed by atoms with E-state index >= 15 is 0 Å². The minimum Gasteiger partial charge on any atom is -0.320 e. The third-order valence-electron chi connectivity index (χ3n) is 4.53. The molecule has 3 nitrogen and oxygen atoms in total. The number of pyridine rings is 1. The third kappa shape index (κ3) is 4.00. The van der Waals surface area contributed by atoms with Crippen molar-refractivity contribution in [3.63, 3.8) is 0 Å². The summed E-state index contributed by atoms with van der Waals surface area (Å²) in [6.45, 7) is 0. The predicted molar refractivity (Wildman–Crippen MR) is 107 cm³/mol. The number of aromatic nitrogens is 1. The number of anilines is 1. The van der Waals surface area contributed by atoms with E-state index in [2.05, 4.69) is 10.3 Å². The second-order valence-corrected chi connectivity index (χ2v) is 6.62. The Bertz CT molecular complexity index is 1240.